The van der Waals surface area contributed by atoms with Gasteiger partial charge in [0.1, 0.15) is 17.7 Å². The lowest BCUT2D eigenvalue weighted by Gasteiger charge is -2.21. The maximum absolute atomic E-state index is 11.8. The van der Waals surface area contributed by atoms with Crippen molar-refractivity contribution < 1.29 is 9.53 Å². The van der Waals surface area contributed by atoms with Crippen LogP contribution >= 0.6 is 0 Å². The predicted octanol–water partition coefficient (Wildman–Crippen LogP) is 1.35. The van der Waals surface area contributed by atoms with E-state index in [9.17, 15) is 4.79 Å². The minimum atomic E-state index is -0.203. The molecule has 0 bridgehead atoms. The standard InChI is InChI=1S/C15H18N4O2/c1-21-15(20)12-7-4-8-19(12)9-13-17-11-6-3-2-5-10(11)14(16)18-13/h2-3,5-6,12H,4,7-9H2,1H3,(H2,16,17,18). The van der Waals surface area contributed by atoms with Gasteiger partial charge in [0.25, 0.3) is 0 Å². The molecule has 0 spiro atoms. The number of ether oxygens (including phenoxy) is 1. The molecule has 6 nitrogen and oxygen atoms in total. The van der Waals surface area contributed by atoms with Crippen LogP contribution in [0.3, 0.4) is 0 Å². The molecule has 3 rings (SSSR count). The van der Waals surface area contributed by atoms with E-state index in [1.54, 1.807) is 0 Å². The average molecular weight is 286 g/mol. The van der Waals surface area contributed by atoms with Crippen LogP contribution in [0.25, 0.3) is 10.9 Å². The third-order valence-corrected chi connectivity index (χ3v) is 3.86. The fourth-order valence-corrected chi connectivity index (χ4v) is 2.82. The Labute approximate surface area is 122 Å². The summed E-state index contributed by atoms with van der Waals surface area (Å²) in [5, 5.41) is 0.854. The van der Waals surface area contributed by atoms with Crippen LogP contribution in [-0.2, 0) is 16.1 Å². The molecule has 0 aliphatic carbocycles. The Hall–Kier alpha value is -2.21. The molecule has 2 heterocycles. The summed E-state index contributed by atoms with van der Waals surface area (Å²) in [6.45, 7) is 1.35. The first-order chi connectivity index (χ1) is 10.2. The molecule has 1 unspecified atom stereocenters. The Morgan fingerprint density at radius 1 is 1.43 bits per heavy atom. The van der Waals surface area contributed by atoms with E-state index in [2.05, 4.69) is 14.9 Å². The van der Waals surface area contributed by atoms with E-state index in [0.717, 1.165) is 30.3 Å². The number of hydrogen-bond acceptors (Lipinski definition) is 6. The SMILES string of the molecule is COC(=O)C1CCCN1Cc1nc(N)c2ccccc2n1. The van der Waals surface area contributed by atoms with Gasteiger partial charge in [-0.2, -0.15) is 0 Å². The maximum atomic E-state index is 11.8. The summed E-state index contributed by atoms with van der Waals surface area (Å²) in [7, 11) is 1.42. The molecule has 1 aliphatic heterocycles. The zero-order valence-electron chi connectivity index (χ0n) is 12.0. The monoisotopic (exact) mass is 286 g/mol. The van der Waals surface area contributed by atoms with E-state index >= 15 is 0 Å². The number of fused-ring (bicyclic) bond motifs is 1. The average Bonchev–Trinajstić information content (AvgIpc) is 2.94. The van der Waals surface area contributed by atoms with Crippen LogP contribution in [0.2, 0.25) is 0 Å². The molecule has 1 aliphatic rings. The number of para-hydroxylation sites is 1. The first-order valence-corrected chi connectivity index (χ1v) is 7.02. The number of nitrogens with zero attached hydrogens (tertiary/aromatic N) is 3. The molecule has 21 heavy (non-hydrogen) atoms. The largest absolute Gasteiger partial charge is 0.468 e. The number of carbonyl (C=O) groups excluding carboxylic acids is 1. The normalized spacial score (nSPS) is 19.0. The van der Waals surface area contributed by atoms with E-state index in [1.807, 2.05) is 24.3 Å². The van der Waals surface area contributed by atoms with Gasteiger partial charge in [0, 0.05) is 5.39 Å². The molecule has 0 saturated carbocycles. The first kappa shape index (κ1) is 13.8. The van der Waals surface area contributed by atoms with Crippen molar-refractivity contribution in [2.24, 2.45) is 0 Å². The number of likely N-dealkylation sites (tertiary alicyclic amines) is 1. The number of rotatable bonds is 3. The fourth-order valence-electron chi connectivity index (χ4n) is 2.82. The highest BCUT2D eigenvalue weighted by atomic mass is 16.5. The number of benzene rings is 1. The molecular formula is C15H18N4O2. The molecule has 2 N–H and O–H groups in total. The first-order valence-electron chi connectivity index (χ1n) is 7.02. The summed E-state index contributed by atoms with van der Waals surface area (Å²) < 4.78 is 4.85. The number of anilines is 1. The lowest BCUT2D eigenvalue weighted by atomic mass is 10.2. The van der Waals surface area contributed by atoms with Gasteiger partial charge >= 0.3 is 5.97 Å². The quantitative estimate of drug-likeness (QED) is 0.858. The second-order valence-electron chi connectivity index (χ2n) is 5.19. The highest BCUT2D eigenvalue weighted by molar-refractivity contribution is 5.87. The van der Waals surface area contributed by atoms with Gasteiger partial charge in [-0.25, -0.2) is 9.97 Å². The summed E-state index contributed by atoms with van der Waals surface area (Å²) in [4.78, 5) is 22.7. The third kappa shape index (κ3) is 2.67. The minimum absolute atomic E-state index is 0.193. The Kier molecular flexibility index (Phi) is 3.70. The van der Waals surface area contributed by atoms with Crippen molar-refractivity contribution in [3.8, 4) is 0 Å². The third-order valence-electron chi connectivity index (χ3n) is 3.86. The summed E-state index contributed by atoms with van der Waals surface area (Å²) in [5.74, 6) is 0.924. The van der Waals surface area contributed by atoms with Crippen molar-refractivity contribution >= 4 is 22.7 Å². The van der Waals surface area contributed by atoms with Crippen molar-refractivity contribution in [3.05, 3.63) is 30.1 Å². The Balaban J connectivity index is 1.86. The van der Waals surface area contributed by atoms with Crippen LogP contribution in [0, 0.1) is 0 Å². The van der Waals surface area contributed by atoms with Gasteiger partial charge in [-0.05, 0) is 31.5 Å². The molecule has 1 aromatic carbocycles. The van der Waals surface area contributed by atoms with Crippen LogP contribution < -0.4 is 5.73 Å². The lowest BCUT2D eigenvalue weighted by molar-refractivity contribution is -0.146. The van der Waals surface area contributed by atoms with Crippen molar-refractivity contribution in [1.82, 2.24) is 14.9 Å². The van der Waals surface area contributed by atoms with Crippen LogP contribution in [0.1, 0.15) is 18.7 Å². The van der Waals surface area contributed by atoms with Gasteiger partial charge in [-0.15, -0.1) is 0 Å². The molecule has 1 aromatic heterocycles. The molecule has 1 saturated heterocycles. The zero-order valence-corrected chi connectivity index (χ0v) is 12.0. The minimum Gasteiger partial charge on any atom is -0.468 e. The molecule has 6 heteroatoms. The van der Waals surface area contributed by atoms with Gasteiger partial charge in [-0.3, -0.25) is 9.69 Å². The highest BCUT2D eigenvalue weighted by Gasteiger charge is 2.31. The van der Waals surface area contributed by atoms with Gasteiger partial charge in [0.05, 0.1) is 19.2 Å². The van der Waals surface area contributed by atoms with Gasteiger partial charge in [0.2, 0.25) is 0 Å². The molecule has 1 atom stereocenters. The van der Waals surface area contributed by atoms with E-state index in [4.69, 9.17) is 10.5 Å². The maximum Gasteiger partial charge on any atom is 0.323 e. The van der Waals surface area contributed by atoms with E-state index < -0.39 is 0 Å². The second-order valence-corrected chi connectivity index (χ2v) is 5.19. The van der Waals surface area contributed by atoms with Crippen molar-refractivity contribution in [3.63, 3.8) is 0 Å². The van der Waals surface area contributed by atoms with Crippen LogP contribution in [0.4, 0.5) is 5.82 Å². The van der Waals surface area contributed by atoms with Gasteiger partial charge in [-0.1, -0.05) is 12.1 Å². The van der Waals surface area contributed by atoms with Gasteiger partial charge in [0.15, 0.2) is 0 Å². The molecular weight excluding hydrogens is 268 g/mol. The predicted molar refractivity (Wildman–Crippen MR) is 79.4 cm³/mol. The molecule has 0 amide bonds. The van der Waals surface area contributed by atoms with Crippen molar-refractivity contribution in [2.75, 3.05) is 19.4 Å². The van der Waals surface area contributed by atoms with Crippen molar-refractivity contribution in [2.45, 2.75) is 25.4 Å². The van der Waals surface area contributed by atoms with E-state index in [1.165, 1.54) is 7.11 Å². The number of carbonyl (C=O) groups is 1. The Bertz CT molecular complexity index is 674. The Morgan fingerprint density at radius 2 is 2.24 bits per heavy atom. The summed E-state index contributed by atoms with van der Waals surface area (Å²) in [5.41, 5.74) is 6.82. The van der Waals surface area contributed by atoms with Crippen LogP contribution in [0.15, 0.2) is 24.3 Å². The summed E-state index contributed by atoms with van der Waals surface area (Å²) in [6.07, 6.45) is 1.79. The number of nitrogens with two attached hydrogens (primary N) is 1. The number of hydrogen-bond donors (Lipinski definition) is 1. The van der Waals surface area contributed by atoms with Gasteiger partial charge < -0.3 is 10.5 Å². The molecule has 0 radical (unpaired) electrons. The van der Waals surface area contributed by atoms with Crippen molar-refractivity contribution in [1.29, 1.82) is 0 Å². The number of aromatic nitrogens is 2. The van der Waals surface area contributed by atoms with Crippen LogP contribution in [0.5, 0.6) is 0 Å². The fraction of sp³-hybridized carbons (Fsp3) is 0.400. The zero-order chi connectivity index (χ0) is 14.8. The topological polar surface area (TPSA) is 81.3 Å². The summed E-state index contributed by atoms with van der Waals surface area (Å²) >= 11 is 0. The van der Waals surface area contributed by atoms with Crippen LogP contribution in [-0.4, -0.2) is 40.5 Å². The molecule has 1 fully saturated rings. The lowest BCUT2D eigenvalue weighted by Crippen LogP contribution is -2.36. The number of nitrogen functional groups attached to an aromatic ring is 1. The molecule has 110 valence electrons. The number of esters is 1. The number of methoxy groups -OCH3 is 1. The Morgan fingerprint density at radius 3 is 3.05 bits per heavy atom. The smallest absolute Gasteiger partial charge is 0.323 e. The van der Waals surface area contributed by atoms with E-state index in [-0.39, 0.29) is 12.0 Å². The highest BCUT2D eigenvalue weighted by Crippen LogP contribution is 2.22. The summed E-state index contributed by atoms with van der Waals surface area (Å²) in [6, 6.07) is 7.45. The second kappa shape index (κ2) is 5.65. The van der Waals surface area contributed by atoms with E-state index in [0.29, 0.717) is 18.2 Å². The molecule has 2 aromatic rings.